The first-order valence-electron chi connectivity index (χ1n) is 10.1. The second-order valence-electron chi connectivity index (χ2n) is 7.07. The van der Waals surface area contributed by atoms with E-state index in [0.717, 1.165) is 11.3 Å². The molecule has 0 fully saturated rings. The first kappa shape index (κ1) is 20.9. The van der Waals surface area contributed by atoms with Crippen LogP contribution in [0.1, 0.15) is 21.9 Å². The van der Waals surface area contributed by atoms with Crippen LogP contribution in [-0.2, 0) is 0 Å². The highest BCUT2D eigenvalue weighted by molar-refractivity contribution is 5.91. The summed E-state index contributed by atoms with van der Waals surface area (Å²) in [6.45, 7) is 4.69. The van der Waals surface area contributed by atoms with Gasteiger partial charge in [-0.15, -0.1) is 5.10 Å². The van der Waals surface area contributed by atoms with Crippen LogP contribution in [0.3, 0.4) is 0 Å². The molecule has 0 aliphatic carbocycles. The Morgan fingerprint density at radius 2 is 1.78 bits per heavy atom. The van der Waals surface area contributed by atoms with E-state index in [1.807, 2.05) is 56.3 Å². The van der Waals surface area contributed by atoms with Gasteiger partial charge in [0.25, 0.3) is 5.91 Å². The lowest BCUT2D eigenvalue weighted by Crippen LogP contribution is -2.29. The molecule has 0 bridgehead atoms. The number of carbonyl (C=O) groups excluding carboxylic acids is 1. The number of anilines is 3. The number of hydrogen-bond acceptors (Lipinski definition) is 8. The van der Waals surface area contributed by atoms with Gasteiger partial charge in [0.1, 0.15) is 23.3 Å². The normalized spacial score (nSPS) is 10.6. The van der Waals surface area contributed by atoms with Crippen molar-refractivity contribution in [1.29, 1.82) is 0 Å². The number of para-hydroxylation sites is 1. The van der Waals surface area contributed by atoms with Gasteiger partial charge in [-0.2, -0.15) is 9.90 Å². The number of aryl methyl sites for hydroxylation is 2. The van der Waals surface area contributed by atoms with E-state index in [2.05, 4.69) is 41.1 Å². The standard InChI is InChI=1S/C22H23N9O/c1-15-8-9-23-19(12-15)29-21-13-20(27-16(2)28-21)24-10-11-25-22(32)18-14-26-31(30-18)17-6-4-3-5-7-17/h3-9,12-14H,10-11H2,1-2H3,(H,25,32)(H2,23,24,27,28,29). The number of nitrogens with one attached hydrogen (secondary N) is 3. The van der Waals surface area contributed by atoms with E-state index in [-0.39, 0.29) is 11.6 Å². The van der Waals surface area contributed by atoms with Crippen molar-refractivity contribution in [3.8, 4) is 5.69 Å². The lowest BCUT2D eigenvalue weighted by atomic mass is 10.3. The zero-order chi connectivity index (χ0) is 22.3. The molecule has 10 heteroatoms. The van der Waals surface area contributed by atoms with Crippen LogP contribution in [0.25, 0.3) is 5.69 Å². The van der Waals surface area contributed by atoms with Crippen molar-refractivity contribution in [3.05, 3.63) is 78.0 Å². The molecule has 0 aliphatic rings. The summed E-state index contributed by atoms with van der Waals surface area (Å²) in [6, 6.07) is 15.1. The van der Waals surface area contributed by atoms with Crippen molar-refractivity contribution in [2.75, 3.05) is 23.7 Å². The van der Waals surface area contributed by atoms with Crippen molar-refractivity contribution >= 4 is 23.4 Å². The fourth-order valence-corrected chi connectivity index (χ4v) is 2.97. The second-order valence-corrected chi connectivity index (χ2v) is 7.07. The van der Waals surface area contributed by atoms with E-state index < -0.39 is 0 Å². The number of rotatable bonds is 8. The molecule has 0 unspecified atom stereocenters. The van der Waals surface area contributed by atoms with Gasteiger partial charge >= 0.3 is 0 Å². The Hall–Kier alpha value is -4.34. The summed E-state index contributed by atoms with van der Waals surface area (Å²) >= 11 is 0. The van der Waals surface area contributed by atoms with E-state index in [1.54, 1.807) is 12.3 Å². The predicted molar refractivity (Wildman–Crippen MR) is 121 cm³/mol. The number of carbonyl (C=O) groups is 1. The summed E-state index contributed by atoms with van der Waals surface area (Å²) in [7, 11) is 0. The van der Waals surface area contributed by atoms with Crippen molar-refractivity contribution in [2.45, 2.75) is 13.8 Å². The van der Waals surface area contributed by atoms with Crippen LogP contribution in [0.4, 0.5) is 17.5 Å². The van der Waals surface area contributed by atoms with Crippen LogP contribution in [0.5, 0.6) is 0 Å². The molecule has 1 aromatic carbocycles. The van der Waals surface area contributed by atoms with Gasteiger partial charge in [-0.05, 0) is 43.7 Å². The van der Waals surface area contributed by atoms with Crippen LogP contribution in [0, 0.1) is 13.8 Å². The Kier molecular flexibility index (Phi) is 6.30. The van der Waals surface area contributed by atoms with Gasteiger partial charge < -0.3 is 16.0 Å². The first-order valence-corrected chi connectivity index (χ1v) is 10.1. The third-order valence-corrected chi connectivity index (χ3v) is 4.44. The van der Waals surface area contributed by atoms with Gasteiger partial charge in [0.15, 0.2) is 5.69 Å². The Morgan fingerprint density at radius 3 is 2.59 bits per heavy atom. The average molecular weight is 429 g/mol. The molecular weight excluding hydrogens is 406 g/mol. The maximum absolute atomic E-state index is 12.3. The molecule has 3 heterocycles. The number of aromatic nitrogens is 6. The molecule has 3 aromatic heterocycles. The monoisotopic (exact) mass is 429 g/mol. The van der Waals surface area contributed by atoms with Gasteiger partial charge in [-0.25, -0.2) is 15.0 Å². The minimum atomic E-state index is -0.291. The summed E-state index contributed by atoms with van der Waals surface area (Å²) in [5, 5.41) is 17.6. The second kappa shape index (κ2) is 9.65. The van der Waals surface area contributed by atoms with Gasteiger partial charge in [-0.1, -0.05) is 18.2 Å². The van der Waals surface area contributed by atoms with E-state index in [0.29, 0.717) is 36.4 Å². The highest BCUT2D eigenvalue weighted by Crippen LogP contribution is 2.16. The molecule has 10 nitrogen and oxygen atoms in total. The summed E-state index contributed by atoms with van der Waals surface area (Å²) in [6.07, 6.45) is 3.19. The number of amides is 1. The Morgan fingerprint density at radius 1 is 0.969 bits per heavy atom. The number of pyridine rings is 1. The van der Waals surface area contributed by atoms with Gasteiger partial charge in [0.05, 0.1) is 11.9 Å². The average Bonchev–Trinajstić information content (AvgIpc) is 3.27. The number of benzene rings is 1. The topological polar surface area (TPSA) is 123 Å². The van der Waals surface area contributed by atoms with E-state index in [1.165, 1.54) is 11.0 Å². The van der Waals surface area contributed by atoms with Gasteiger partial charge in [0.2, 0.25) is 0 Å². The minimum Gasteiger partial charge on any atom is -0.368 e. The zero-order valence-corrected chi connectivity index (χ0v) is 17.8. The number of hydrogen-bond donors (Lipinski definition) is 3. The Balaban J connectivity index is 1.29. The van der Waals surface area contributed by atoms with E-state index >= 15 is 0 Å². The molecule has 3 N–H and O–H groups in total. The fourth-order valence-electron chi connectivity index (χ4n) is 2.97. The van der Waals surface area contributed by atoms with Crippen molar-refractivity contribution in [3.63, 3.8) is 0 Å². The van der Waals surface area contributed by atoms with E-state index in [9.17, 15) is 4.79 Å². The SMILES string of the molecule is Cc1ccnc(Nc2cc(NCCNC(=O)c3cnn(-c4ccccc4)n3)nc(C)n2)c1. The quantitative estimate of drug-likeness (QED) is 0.365. The lowest BCUT2D eigenvalue weighted by Gasteiger charge is -2.10. The summed E-state index contributed by atoms with van der Waals surface area (Å²) in [4.78, 5) is 26.8. The van der Waals surface area contributed by atoms with Gasteiger partial charge in [-0.3, -0.25) is 4.79 Å². The minimum absolute atomic E-state index is 0.254. The molecule has 162 valence electrons. The predicted octanol–water partition coefficient (Wildman–Crippen LogP) is 2.65. The van der Waals surface area contributed by atoms with Crippen LogP contribution in [-0.4, -0.2) is 48.9 Å². The van der Waals surface area contributed by atoms with Crippen LogP contribution >= 0.6 is 0 Å². The van der Waals surface area contributed by atoms with E-state index in [4.69, 9.17) is 0 Å². The molecule has 4 aromatic rings. The van der Waals surface area contributed by atoms with Gasteiger partial charge in [0, 0.05) is 25.4 Å². The molecule has 4 rings (SSSR count). The summed E-state index contributed by atoms with van der Waals surface area (Å²) in [5.41, 5.74) is 2.15. The van der Waals surface area contributed by atoms with Crippen LogP contribution < -0.4 is 16.0 Å². The molecule has 32 heavy (non-hydrogen) atoms. The largest absolute Gasteiger partial charge is 0.368 e. The fraction of sp³-hybridized carbons (Fsp3) is 0.182. The summed E-state index contributed by atoms with van der Waals surface area (Å²) in [5.74, 6) is 2.33. The maximum atomic E-state index is 12.3. The third-order valence-electron chi connectivity index (χ3n) is 4.44. The molecular formula is C22H23N9O. The summed E-state index contributed by atoms with van der Waals surface area (Å²) < 4.78 is 0. The molecule has 0 saturated heterocycles. The molecule has 0 atom stereocenters. The van der Waals surface area contributed by atoms with Crippen molar-refractivity contribution < 1.29 is 4.79 Å². The molecule has 1 amide bonds. The Labute approximate surface area is 185 Å². The Bertz CT molecular complexity index is 1210. The number of nitrogens with zero attached hydrogens (tertiary/aromatic N) is 6. The smallest absolute Gasteiger partial charge is 0.273 e. The van der Waals surface area contributed by atoms with Crippen molar-refractivity contribution in [1.82, 2.24) is 35.3 Å². The maximum Gasteiger partial charge on any atom is 0.273 e. The zero-order valence-electron chi connectivity index (χ0n) is 17.8. The van der Waals surface area contributed by atoms with Crippen LogP contribution in [0.15, 0.2) is 60.9 Å². The van der Waals surface area contributed by atoms with Crippen molar-refractivity contribution in [2.24, 2.45) is 0 Å². The first-order chi connectivity index (χ1) is 15.6. The third kappa shape index (κ3) is 5.42. The molecule has 0 radical (unpaired) electrons. The highest BCUT2D eigenvalue weighted by atomic mass is 16.2. The van der Waals surface area contributed by atoms with Crippen LogP contribution in [0.2, 0.25) is 0 Å². The lowest BCUT2D eigenvalue weighted by molar-refractivity contribution is 0.0949. The highest BCUT2D eigenvalue weighted by Gasteiger charge is 2.11. The molecule has 0 saturated carbocycles. The molecule has 0 aliphatic heterocycles. The molecule has 0 spiro atoms.